The van der Waals surface area contributed by atoms with Gasteiger partial charge in [-0.1, -0.05) is 25.5 Å². The van der Waals surface area contributed by atoms with Crippen LogP contribution in [0.25, 0.3) is 0 Å². The number of hydrogen-bond donors (Lipinski definition) is 3. The van der Waals surface area contributed by atoms with Crippen molar-refractivity contribution < 1.29 is 24.2 Å². The number of Topliss-reactive ketones (excluding diaryl/α,β-unsaturated/α-hetero) is 1. The predicted octanol–water partition coefficient (Wildman–Crippen LogP) is 1.50. The highest BCUT2D eigenvalue weighted by atomic mass is 16.5. The smallest absolute Gasteiger partial charge is 0.235 e. The van der Waals surface area contributed by atoms with Gasteiger partial charge in [-0.3, -0.25) is 14.4 Å². The average molecular weight is 431 g/mol. The van der Waals surface area contributed by atoms with E-state index in [-0.39, 0.29) is 60.0 Å². The summed E-state index contributed by atoms with van der Waals surface area (Å²) in [5.41, 5.74) is 5.84. The number of amides is 1. The second kappa shape index (κ2) is 8.26. The third kappa shape index (κ3) is 3.70. The maximum absolute atomic E-state index is 13.0. The molecule has 3 saturated carbocycles. The molecule has 0 heterocycles. The van der Waals surface area contributed by atoms with Crippen molar-refractivity contribution >= 4 is 17.5 Å². The zero-order chi connectivity index (χ0) is 22.4. The maximum Gasteiger partial charge on any atom is 0.235 e. The van der Waals surface area contributed by atoms with Gasteiger partial charge < -0.3 is 20.9 Å². The lowest BCUT2D eigenvalue weighted by molar-refractivity contribution is -0.143. The van der Waals surface area contributed by atoms with E-state index >= 15 is 0 Å². The van der Waals surface area contributed by atoms with Crippen molar-refractivity contribution in [3.63, 3.8) is 0 Å². The summed E-state index contributed by atoms with van der Waals surface area (Å²) in [6.45, 7) is 4.14. The number of carbonyl (C=O) groups excluding carboxylic acids is 3. The zero-order valence-corrected chi connectivity index (χ0v) is 18.4. The number of aliphatic hydroxyl groups is 1. The van der Waals surface area contributed by atoms with Gasteiger partial charge in [0.2, 0.25) is 5.91 Å². The van der Waals surface area contributed by atoms with Gasteiger partial charge in [-0.25, -0.2) is 0 Å². The quantitative estimate of drug-likeness (QED) is 0.434. The van der Waals surface area contributed by atoms with Crippen LogP contribution in [0.15, 0.2) is 23.8 Å². The van der Waals surface area contributed by atoms with Crippen LogP contribution in [0.3, 0.4) is 0 Å². The minimum atomic E-state index is -0.518. The molecular weight excluding hydrogens is 396 g/mol. The van der Waals surface area contributed by atoms with Gasteiger partial charge in [0.1, 0.15) is 13.3 Å². The molecule has 0 aromatic carbocycles. The van der Waals surface area contributed by atoms with E-state index < -0.39 is 6.10 Å². The minimum absolute atomic E-state index is 0.0273. The molecular formula is C24H34N2O5. The largest absolute Gasteiger partial charge is 0.393 e. The van der Waals surface area contributed by atoms with E-state index in [1.165, 1.54) is 0 Å². The van der Waals surface area contributed by atoms with Gasteiger partial charge in [-0.15, -0.1) is 0 Å². The zero-order valence-electron chi connectivity index (χ0n) is 18.4. The Bertz CT molecular complexity index is 836. The SMILES string of the molecule is CC12C=CC(=O)C=C1CCC1C2C(O)CC2(C)C(C(=O)COCNC(=O)CN)CCC12. The first-order valence-corrected chi connectivity index (χ1v) is 11.4. The summed E-state index contributed by atoms with van der Waals surface area (Å²) in [6, 6.07) is 0. The Morgan fingerprint density at radius 2 is 2.06 bits per heavy atom. The maximum atomic E-state index is 13.0. The molecule has 0 spiro atoms. The number of ketones is 2. The number of ether oxygens (including phenoxy) is 1. The lowest BCUT2D eigenvalue weighted by Gasteiger charge is -2.58. The number of fused-ring (bicyclic) bond motifs is 5. The molecule has 4 aliphatic carbocycles. The molecule has 4 rings (SSSR count). The molecule has 0 radical (unpaired) electrons. The molecule has 3 fully saturated rings. The molecule has 0 bridgehead atoms. The molecule has 0 saturated heterocycles. The highest BCUT2D eigenvalue weighted by molar-refractivity contribution is 6.01. The summed E-state index contributed by atoms with van der Waals surface area (Å²) in [6.07, 6.45) is 9.09. The van der Waals surface area contributed by atoms with E-state index in [2.05, 4.69) is 19.2 Å². The van der Waals surface area contributed by atoms with Gasteiger partial charge >= 0.3 is 0 Å². The summed E-state index contributed by atoms with van der Waals surface area (Å²) in [7, 11) is 0. The van der Waals surface area contributed by atoms with Crippen molar-refractivity contribution in [1.29, 1.82) is 0 Å². The number of hydrogen-bond acceptors (Lipinski definition) is 6. The molecule has 1 amide bonds. The number of nitrogens with one attached hydrogen (secondary N) is 1. The molecule has 170 valence electrons. The van der Waals surface area contributed by atoms with E-state index in [0.717, 1.165) is 31.3 Å². The van der Waals surface area contributed by atoms with Crippen molar-refractivity contribution in [1.82, 2.24) is 5.32 Å². The van der Waals surface area contributed by atoms with E-state index in [0.29, 0.717) is 18.3 Å². The minimum Gasteiger partial charge on any atom is -0.393 e. The number of aliphatic hydroxyl groups excluding tert-OH is 1. The van der Waals surface area contributed by atoms with Crippen LogP contribution in [-0.4, -0.2) is 48.6 Å². The third-order valence-corrected chi connectivity index (χ3v) is 8.68. The van der Waals surface area contributed by atoms with Crippen LogP contribution in [0, 0.1) is 34.5 Å². The summed E-state index contributed by atoms with van der Waals surface area (Å²) in [4.78, 5) is 36.1. The van der Waals surface area contributed by atoms with Crippen LogP contribution in [0.4, 0.5) is 0 Å². The van der Waals surface area contributed by atoms with Crippen LogP contribution in [0.5, 0.6) is 0 Å². The molecule has 7 atom stereocenters. The lowest BCUT2D eigenvalue weighted by atomic mass is 9.46. The van der Waals surface area contributed by atoms with E-state index in [1.54, 1.807) is 12.2 Å². The molecule has 0 aromatic rings. The summed E-state index contributed by atoms with van der Waals surface area (Å²) < 4.78 is 5.39. The van der Waals surface area contributed by atoms with E-state index in [4.69, 9.17) is 10.5 Å². The van der Waals surface area contributed by atoms with Crippen LogP contribution < -0.4 is 11.1 Å². The number of carbonyl (C=O) groups is 3. The highest BCUT2D eigenvalue weighted by Crippen LogP contribution is 2.66. The van der Waals surface area contributed by atoms with Crippen molar-refractivity contribution in [3.05, 3.63) is 23.8 Å². The van der Waals surface area contributed by atoms with Gasteiger partial charge in [0.25, 0.3) is 0 Å². The van der Waals surface area contributed by atoms with Crippen LogP contribution in [-0.2, 0) is 19.1 Å². The molecule has 0 aliphatic heterocycles. The van der Waals surface area contributed by atoms with Crippen LogP contribution >= 0.6 is 0 Å². The van der Waals surface area contributed by atoms with Gasteiger partial charge in [0.15, 0.2) is 11.6 Å². The Morgan fingerprint density at radius 3 is 2.81 bits per heavy atom. The normalized spacial score (nSPS) is 41.1. The van der Waals surface area contributed by atoms with Gasteiger partial charge in [0, 0.05) is 17.3 Å². The number of rotatable bonds is 6. The fourth-order valence-corrected chi connectivity index (χ4v) is 7.31. The first kappa shape index (κ1) is 22.4. The first-order chi connectivity index (χ1) is 14.7. The molecule has 0 aromatic heterocycles. The van der Waals surface area contributed by atoms with Crippen molar-refractivity contribution in [2.24, 2.45) is 40.2 Å². The van der Waals surface area contributed by atoms with Crippen LogP contribution in [0.1, 0.15) is 46.0 Å². The molecule has 7 unspecified atom stereocenters. The molecule has 31 heavy (non-hydrogen) atoms. The average Bonchev–Trinajstić information content (AvgIpc) is 3.07. The Morgan fingerprint density at radius 1 is 1.29 bits per heavy atom. The summed E-state index contributed by atoms with van der Waals surface area (Å²) in [5, 5.41) is 13.8. The molecule has 4 N–H and O–H groups in total. The number of nitrogens with two attached hydrogens (primary N) is 1. The van der Waals surface area contributed by atoms with Gasteiger partial charge in [-0.05, 0) is 61.5 Å². The number of allylic oxidation sites excluding steroid dienone is 4. The molecule has 7 heteroatoms. The molecule has 4 aliphatic rings. The van der Waals surface area contributed by atoms with Crippen molar-refractivity contribution in [3.8, 4) is 0 Å². The lowest BCUT2D eigenvalue weighted by Crippen LogP contribution is -2.56. The fourth-order valence-electron chi connectivity index (χ4n) is 7.31. The van der Waals surface area contributed by atoms with Crippen molar-refractivity contribution in [2.75, 3.05) is 19.9 Å². The monoisotopic (exact) mass is 430 g/mol. The Labute approximate surface area is 183 Å². The summed E-state index contributed by atoms with van der Waals surface area (Å²) >= 11 is 0. The Hall–Kier alpha value is -1.83. The highest BCUT2D eigenvalue weighted by Gasteiger charge is 2.62. The van der Waals surface area contributed by atoms with E-state index in [9.17, 15) is 19.5 Å². The van der Waals surface area contributed by atoms with E-state index in [1.807, 2.05) is 6.08 Å². The van der Waals surface area contributed by atoms with Crippen molar-refractivity contribution in [2.45, 2.75) is 52.1 Å². The Kier molecular flexibility index (Phi) is 5.96. The summed E-state index contributed by atoms with van der Waals surface area (Å²) in [5.74, 6) is 0.392. The second-order valence-electron chi connectivity index (χ2n) is 10.2. The molecule has 7 nitrogen and oxygen atoms in total. The first-order valence-electron chi connectivity index (χ1n) is 11.4. The fraction of sp³-hybridized carbons (Fsp3) is 0.708. The standard InChI is InChI=1S/C24H34N2O5/c1-23-8-7-15(27)9-14(23)3-4-16-17-5-6-18(24(17,2)10-19(28)22(16)23)20(29)12-31-13-26-21(30)11-25/h7-9,16-19,22,28H,3-6,10-13,25H2,1-2H3,(H,26,30). The topological polar surface area (TPSA) is 119 Å². The predicted molar refractivity (Wildman–Crippen MR) is 115 cm³/mol. The Balaban J connectivity index is 1.48. The van der Waals surface area contributed by atoms with Gasteiger partial charge in [-0.2, -0.15) is 0 Å². The third-order valence-electron chi connectivity index (χ3n) is 8.68. The second-order valence-corrected chi connectivity index (χ2v) is 10.2. The van der Waals surface area contributed by atoms with Gasteiger partial charge in [0.05, 0.1) is 12.6 Å². The van der Waals surface area contributed by atoms with Crippen LogP contribution in [0.2, 0.25) is 0 Å².